The van der Waals surface area contributed by atoms with Crippen molar-refractivity contribution in [2.45, 2.75) is 32.1 Å². The van der Waals surface area contributed by atoms with Crippen LogP contribution in [0.1, 0.15) is 32.1 Å². The Labute approximate surface area is 163 Å². The molecule has 0 atom stereocenters. The average molecular weight is 381 g/mol. The molecule has 1 aliphatic heterocycles. The van der Waals surface area contributed by atoms with Crippen LogP contribution in [0, 0.1) is 5.82 Å². The largest absolute Gasteiger partial charge is 0.307 e. The van der Waals surface area contributed by atoms with Crippen LogP contribution in [0.4, 0.5) is 10.2 Å². The van der Waals surface area contributed by atoms with Crippen LogP contribution in [-0.2, 0) is 4.79 Å². The van der Waals surface area contributed by atoms with E-state index in [0.29, 0.717) is 12.0 Å². The number of aromatic amines is 1. The molecule has 0 saturated carbocycles. The lowest BCUT2D eigenvalue weighted by Crippen LogP contribution is -2.31. The minimum Gasteiger partial charge on any atom is -0.307 e. The van der Waals surface area contributed by atoms with Gasteiger partial charge in [-0.25, -0.2) is 4.39 Å². The SMILES string of the molecule is O=C(CCCN1CCCCC1)Nc1n[nH]c(-c2ccc3ncccc3c2)c1F. The molecule has 7 heteroatoms. The lowest BCUT2D eigenvalue weighted by molar-refractivity contribution is -0.116. The third kappa shape index (κ3) is 4.20. The smallest absolute Gasteiger partial charge is 0.225 e. The molecule has 0 bridgehead atoms. The minimum absolute atomic E-state index is 0.0516. The zero-order chi connectivity index (χ0) is 19.3. The number of rotatable bonds is 6. The highest BCUT2D eigenvalue weighted by Crippen LogP contribution is 2.27. The van der Waals surface area contributed by atoms with E-state index in [-0.39, 0.29) is 17.4 Å². The van der Waals surface area contributed by atoms with Crippen molar-refractivity contribution < 1.29 is 9.18 Å². The highest BCUT2D eigenvalue weighted by Gasteiger charge is 2.17. The first kappa shape index (κ1) is 18.6. The van der Waals surface area contributed by atoms with Crippen LogP contribution in [0.25, 0.3) is 22.2 Å². The van der Waals surface area contributed by atoms with E-state index >= 15 is 0 Å². The van der Waals surface area contributed by atoms with Crippen molar-refractivity contribution in [3.63, 3.8) is 0 Å². The van der Waals surface area contributed by atoms with Gasteiger partial charge in [0, 0.05) is 23.6 Å². The molecule has 3 heterocycles. The van der Waals surface area contributed by atoms with E-state index in [1.165, 1.54) is 19.3 Å². The average Bonchev–Trinajstić information content (AvgIpc) is 3.08. The molecular formula is C21H24FN5O. The summed E-state index contributed by atoms with van der Waals surface area (Å²) >= 11 is 0. The lowest BCUT2D eigenvalue weighted by atomic mass is 10.1. The molecule has 1 aromatic carbocycles. The lowest BCUT2D eigenvalue weighted by Gasteiger charge is -2.26. The number of nitrogens with one attached hydrogen (secondary N) is 2. The van der Waals surface area contributed by atoms with Gasteiger partial charge in [-0.15, -0.1) is 0 Å². The number of carbonyl (C=O) groups is 1. The second kappa shape index (κ2) is 8.48. The highest BCUT2D eigenvalue weighted by atomic mass is 19.1. The second-order valence-electron chi connectivity index (χ2n) is 7.23. The predicted molar refractivity (Wildman–Crippen MR) is 107 cm³/mol. The van der Waals surface area contributed by atoms with Crippen molar-refractivity contribution in [1.29, 1.82) is 0 Å². The first-order valence-corrected chi connectivity index (χ1v) is 9.82. The Bertz CT molecular complexity index is 964. The van der Waals surface area contributed by atoms with Gasteiger partial charge in [-0.05, 0) is 57.1 Å². The van der Waals surface area contributed by atoms with E-state index in [4.69, 9.17) is 0 Å². The number of pyridine rings is 1. The number of fused-ring (bicyclic) bond motifs is 1. The van der Waals surface area contributed by atoms with E-state index in [1.807, 2.05) is 24.3 Å². The summed E-state index contributed by atoms with van der Waals surface area (Å²) in [5, 5.41) is 10.2. The maximum atomic E-state index is 14.8. The molecule has 0 aliphatic carbocycles. The zero-order valence-corrected chi connectivity index (χ0v) is 15.7. The number of aromatic nitrogens is 3. The molecule has 2 aromatic heterocycles. The van der Waals surface area contributed by atoms with Crippen LogP contribution in [0.15, 0.2) is 36.5 Å². The summed E-state index contributed by atoms with van der Waals surface area (Å²) in [6.45, 7) is 3.13. The van der Waals surface area contributed by atoms with Gasteiger partial charge in [0.05, 0.1) is 5.52 Å². The zero-order valence-electron chi connectivity index (χ0n) is 15.7. The molecule has 1 saturated heterocycles. The third-order valence-electron chi connectivity index (χ3n) is 5.18. The summed E-state index contributed by atoms with van der Waals surface area (Å²) in [4.78, 5) is 18.8. The van der Waals surface area contributed by atoms with Gasteiger partial charge in [-0.1, -0.05) is 18.6 Å². The predicted octanol–water partition coefficient (Wildman–Crippen LogP) is 3.97. The van der Waals surface area contributed by atoms with Crippen LogP contribution < -0.4 is 5.32 Å². The Morgan fingerprint density at radius 2 is 2.07 bits per heavy atom. The maximum Gasteiger partial charge on any atom is 0.225 e. The number of nitrogens with zero attached hydrogens (tertiary/aromatic N) is 3. The minimum atomic E-state index is -0.548. The van der Waals surface area contributed by atoms with Crippen LogP contribution >= 0.6 is 0 Å². The number of halogens is 1. The Hall–Kier alpha value is -2.80. The Kier molecular flexibility index (Phi) is 5.62. The maximum absolute atomic E-state index is 14.8. The number of hydrogen-bond donors (Lipinski definition) is 2. The van der Waals surface area contributed by atoms with Gasteiger partial charge < -0.3 is 10.2 Å². The van der Waals surface area contributed by atoms with E-state index in [2.05, 4.69) is 25.4 Å². The van der Waals surface area contributed by atoms with Crippen LogP contribution in [0.3, 0.4) is 0 Å². The van der Waals surface area contributed by atoms with Gasteiger partial charge in [0.1, 0.15) is 5.69 Å². The number of amides is 1. The fraction of sp³-hybridized carbons (Fsp3) is 0.381. The normalized spacial score (nSPS) is 15.0. The summed E-state index contributed by atoms with van der Waals surface area (Å²) in [5.74, 6) is -0.812. The van der Waals surface area contributed by atoms with Crippen LogP contribution in [0.2, 0.25) is 0 Å². The quantitative estimate of drug-likeness (QED) is 0.678. The highest BCUT2D eigenvalue weighted by molar-refractivity contribution is 5.91. The molecule has 2 N–H and O–H groups in total. The monoisotopic (exact) mass is 381 g/mol. The van der Waals surface area contributed by atoms with Crippen molar-refractivity contribution in [3.05, 3.63) is 42.3 Å². The number of hydrogen-bond acceptors (Lipinski definition) is 4. The molecule has 1 fully saturated rings. The van der Waals surface area contributed by atoms with E-state index < -0.39 is 5.82 Å². The summed E-state index contributed by atoms with van der Waals surface area (Å²) in [6.07, 6.45) is 6.61. The summed E-state index contributed by atoms with van der Waals surface area (Å²) in [6, 6.07) is 9.24. The molecule has 6 nitrogen and oxygen atoms in total. The van der Waals surface area contributed by atoms with Crippen molar-refractivity contribution in [3.8, 4) is 11.3 Å². The Morgan fingerprint density at radius 1 is 1.21 bits per heavy atom. The Morgan fingerprint density at radius 3 is 2.93 bits per heavy atom. The second-order valence-corrected chi connectivity index (χ2v) is 7.23. The van der Waals surface area contributed by atoms with Crippen molar-refractivity contribution in [2.24, 2.45) is 0 Å². The fourth-order valence-corrected chi connectivity index (χ4v) is 3.67. The number of anilines is 1. The van der Waals surface area contributed by atoms with Crippen LogP contribution in [0.5, 0.6) is 0 Å². The van der Waals surface area contributed by atoms with Gasteiger partial charge in [-0.3, -0.25) is 14.9 Å². The molecule has 0 spiro atoms. The molecule has 0 radical (unpaired) electrons. The number of carbonyl (C=O) groups excluding carboxylic acids is 1. The molecule has 4 rings (SSSR count). The molecular weight excluding hydrogens is 357 g/mol. The first-order chi connectivity index (χ1) is 13.7. The number of benzene rings is 1. The van der Waals surface area contributed by atoms with Gasteiger partial charge in [0.25, 0.3) is 0 Å². The molecule has 1 aliphatic rings. The van der Waals surface area contributed by atoms with E-state index in [1.54, 1.807) is 12.3 Å². The van der Waals surface area contributed by atoms with Crippen molar-refractivity contribution in [1.82, 2.24) is 20.1 Å². The topological polar surface area (TPSA) is 73.9 Å². The van der Waals surface area contributed by atoms with E-state index in [0.717, 1.165) is 37.0 Å². The van der Waals surface area contributed by atoms with E-state index in [9.17, 15) is 9.18 Å². The Balaban J connectivity index is 1.37. The standard InChI is InChI=1S/C21H24FN5O/c22-19-20(16-8-9-17-15(14-16)6-4-10-23-17)25-26-21(19)24-18(28)7-5-13-27-11-2-1-3-12-27/h4,6,8-10,14H,1-3,5,7,11-13H2,(H2,24,25,26,28). The fourth-order valence-electron chi connectivity index (χ4n) is 3.67. The molecule has 3 aromatic rings. The van der Waals surface area contributed by atoms with Crippen molar-refractivity contribution in [2.75, 3.05) is 25.0 Å². The number of H-pyrrole nitrogens is 1. The number of piperidine rings is 1. The van der Waals surface area contributed by atoms with Gasteiger partial charge in [-0.2, -0.15) is 5.10 Å². The van der Waals surface area contributed by atoms with Crippen molar-refractivity contribution >= 4 is 22.6 Å². The summed E-state index contributed by atoms with van der Waals surface area (Å²) in [5.41, 5.74) is 1.76. The van der Waals surface area contributed by atoms with Gasteiger partial charge >= 0.3 is 0 Å². The molecule has 28 heavy (non-hydrogen) atoms. The third-order valence-corrected chi connectivity index (χ3v) is 5.18. The summed E-state index contributed by atoms with van der Waals surface area (Å²) < 4.78 is 14.8. The summed E-state index contributed by atoms with van der Waals surface area (Å²) in [7, 11) is 0. The van der Waals surface area contributed by atoms with Gasteiger partial charge in [0.15, 0.2) is 11.6 Å². The van der Waals surface area contributed by atoms with Crippen LogP contribution in [-0.4, -0.2) is 45.6 Å². The molecule has 0 unspecified atom stereocenters. The first-order valence-electron chi connectivity index (χ1n) is 9.82. The van der Waals surface area contributed by atoms with Gasteiger partial charge in [0.2, 0.25) is 5.91 Å². The number of likely N-dealkylation sites (tertiary alicyclic amines) is 1. The molecule has 1 amide bonds. The molecule has 146 valence electrons.